The lowest BCUT2D eigenvalue weighted by Gasteiger charge is -2.10. The summed E-state index contributed by atoms with van der Waals surface area (Å²) in [6.45, 7) is 2.87. The number of carbonyl (C=O) groups is 1. The zero-order valence-corrected chi connectivity index (χ0v) is 17.3. The van der Waals surface area contributed by atoms with Gasteiger partial charge in [-0.2, -0.15) is 0 Å². The molecule has 0 spiro atoms. The lowest BCUT2D eigenvalue weighted by Crippen LogP contribution is -2.09. The first kappa shape index (κ1) is 20.0. The van der Waals surface area contributed by atoms with Crippen molar-refractivity contribution in [1.82, 2.24) is 0 Å². The SMILES string of the molecule is CCOC(=O)C1=C(c2ccccc2)c2ccc(OCCCc3ccccc3)cc2C1. The summed E-state index contributed by atoms with van der Waals surface area (Å²) in [6.07, 6.45) is 2.53. The van der Waals surface area contributed by atoms with Gasteiger partial charge in [-0.25, -0.2) is 4.79 Å². The summed E-state index contributed by atoms with van der Waals surface area (Å²) in [4.78, 5) is 12.6. The van der Waals surface area contributed by atoms with Crippen molar-refractivity contribution >= 4 is 11.5 Å². The molecule has 0 amide bonds. The van der Waals surface area contributed by atoms with Crippen LogP contribution in [0.3, 0.4) is 0 Å². The Morgan fingerprint density at radius 1 is 0.933 bits per heavy atom. The number of aryl methyl sites for hydroxylation is 1. The normalized spacial score (nSPS) is 12.6. The van der Waals surface area contributed by atoms with Gasteiger partial charge >= 0.3 is 5.97 Å². The van der Waals surface area contributed by atoms with Gasteiger partial charge in [0, 0.05) is 12.0 Å². The van der Waals surface area contributed by atoms with Crippen molar-refractivity contribution in [3.63, 3.8) is 0 Å². The van der Waals surface area contributed by atoms with E-state index < -0.39 is 0 Å². The van der Waals surface area contributed by atoms with Gasteiger partial charge in [0.25, 0.3) is 0 Å². The molecule has 3 nitrogen and oxygen atoms in total. The largest absolute Gasteiger partial charge is 0.494 e. The molecule has 0 aliphatic heterocycles. The first-order valence-corrected chi connectivity index (χ1v) is 10.5. The van der Waals surface area contributed by atoms with Crippen LogP contribution in [0.2, 0.25) is 0 Å². The second-order valence-corrected chi connectivity index (χ2v) is 7.37. The van der Waals surface area contributed by atoms with Crippen LogP contribution in [0.5, 0.6) is 5.75 Å². The van der Waals surface area contributed by atoms with E-state index in [-0.39, 0.29) is 5.97 Å². The van der Waals surface area contributed by atoms with Gasteiger partial charge in [-0.15, -0.1) is 0 Å². The maximum atomic E-state index is 12.6. The minimum absolute atomic E-state index is 0.238. The van der Waals surface area contributed by atoms with Gasteiger partial charge < -0.3 is 9.47 Å². The van der Waals surface area contributed by atoms with Crippen molar-refractivity contribution < 1.29 is 14.3 Å². The molecule has 0 heterocycles. The predicted octanol–water partition coefficient (Wildman–Crippen LogP) is 5.62. The molecular formula is C27H26O3. The molecule has 0 fully saturated rings. The molecule has 1 aliphatic carbocycles. The van der Waals surface area contributed by atoms with Crippen LogP contribution in [0.15, 0.2) is 84.4 Å². The number of carbonyl (C=O) groups excluding carboxylic acids is 1. The second kappa shape index (κ2) is 9.45. The first-order valence-electron chi connectivity index (χ1n) is 10.5. The summed E-state index contributed by atoms with van der Waals surface area (Å²) in [6, 6.07) is 26.6. The van der Waals surface area contributed by atoms with Crippen molar-refractivity contribution in [2.75, 3.05) is 13.2 Å². The van der Waals surface area contributed by atoms with Gasteiger partial charge in [0.15, 0.2) is 0 Å². The highest BCUT2D eigenvalue weighted by molar-refractivity contribution is 6.05. The van der Waals surface area contributed by atoms with Crippen LogP contribution in [0.1, 0.15) is 35.6 Å². The second-order valence-electron chi connectivity index (χ2n) is 7.37. The van der Waals surface area contributed by atoms with Crippen LogP contribution in [-0.4, -0.2) is 19.2 Å². The fraction of sp³-hybridized carbons (Fsp3) is 0.222. The van der Waals surface area contributed by atoms with E-state index in [1.54, 1.807) is 0 Å². The average molecular weight is 399 g/mol. The third-order valence-corrected chi connectivity index (χ3v) is 5.32. The van der Waals surface area contributed by atoms with Crippen molar-refractivity contribution in [3.8, 4) is 5.75 Å². The summed E-state index contributed by atoms with van der Waals surface area (Å²) < 4.78 is 11.3. The molecule has 0 saturated carbocycles. The van der Waals surface area contributed by atoms with E-state index in [1.165, 1.54) is 5.56 Å². The summed E-state index contributed by atoms with van der Waals surface area (Å²) in [5, 5.41) is 0. The third-order valence-electron chi connectivity index (χ3n) is 5.32. The third kappa shape index (κ3) is 4.46. The van der Waals surface area contributed by atoms with E-state index in [1.807, 2.05) is 49.4 Å². The number of hydrogen-bond donors (Lipinski definition) is 0. The van der Waals surface area contributed by atoms with Gasteiger partial charge in [0.1, 0.15) is 5.75 Å². The van der Waals surface area contributed by atoms with E-state index >= 15 is 0 Å². The number of esters is 1. The Bertz CT molecular complexity index is 1040. The molecule has 0 atom stereocenters. The van der Waals surface area contributed by atoms with Crippen LogP contribution in [-0.2, 0) is 22.4 Å². The molecule has 3 heteroatoms. The van der Waals surface area contributed by atoms with Gasteiger partial charge in [0.2, 0.25) is 0 Å². The number of hydrogen-bond acceptors (Lipinski definition) is 3. The minimum Gasteiger partial charge on any atom is -0.494 e. The number of benzene rings is 3. The van der Waals surface area contributed by atoms with Crippen LogP contribution in [0, 0.1) is 0 Å². The fourth-order valence-electron chi connectivity index (χ4n) is 3.93. The molecule has 30 heavy (non-hydrogen) atoms. The molecule has 1 aliphatic rings. The van der Waals surface area contributed by atoms with Gasteiger partial charge in [-0.05, 0) is 59.7 Å². The Kier molecular flexibility index (Phi) is 6.29. The molecule has 3 aromatic rings. The Morgan fingerprint density at radius 2 is 1.67 bits per heavy atom. The highest BCUT2D eigenvalue weighted by Crippen LogP contribution is 2.39. The lowest BCUT2D eigenvalue weighted by molar-refractivity contribution is -0.138. The number of rotatable bonds is 8. The Hall–Kier alpha value is -3.33. The molecule has 3 aromatic carbocycles. The molecule has 0 unspecified atom stereocenters. The average Bonchev–Trinajstić information content (AvgIpc) is 3.17. The number of ether oxygens (including phenoxy) is 2. The van der Waals surface area contributed by atoms with Crippen molar-refractivity contribution in [2.24, 2.45) is 0 Å². The lowest BCUT2D eigenvalue weighted by atomic mass is 9.97. The molecule has 4 rings (SSSR count). The first-order chi connectivity index (χ1) is 14.8. The maximum absolute atomic E-state index is 12.6. The molecule has 0 saturated heterocycles. The smallest absolute Gasteiger partial charge is 0.334 e. The predicted molar refractivity (Wildman–Crippen MR) is 120 cm³/mol. The Labute approximate surface area is 178 Å². The maximum Gasteiger partial charge on any atom is 0.334 e. The summed E-state index contributed by atoms with van der Waals surface area (Å²) in [7, 11) is 0. The molecule has 0 bridgehead atoms. The van der Waals surface area contributed by atoms with E-state index in [4.69, 9.17) is 9.47 Å². The Morgan fingerprint density at radius 3 is 2.40 bits per heavy atom. The van der Waals surface area contributed by atoms with Crippen LogP contribution in [0.25, 0.3) is 5.57 Å². The molecular weight excluding hydrogens is 372 g/mol. The van der Waals surface area contributed by atoms with Crippen LogP contribution < -0.4 is 4.74 Å². The topological polar surface area (TPSA) is 35.5 Å². The summed E-state index contributed by atoms with van der Waals surface area (Å²) in [5.74, 6) is 0.609. The molecule has 0 aromatic heterocycles. The van der Waals surface area contributed by atoms with Gasteiger partial charge in [-0.3, -0.25) is 0 Å². The zero-order chi connectivity index (χ0) is 20.8. The molecule has 0 N–H and O–H groups in total. The highest BCUT2D eigenvalue weighted by Gasteiger charge is 2.28. The summed E-state index contributed by atoms with van der Waals surface area (Å²) in [5.41, 5.74) is 6.25. The van der Waals surface area contributed by atoms with Crippen LogP contribution in [0.4, 0.5) is 0 Å². The summed E-state index contributed by atoms with van der Waals surface area (Å²) >= 11 is 0. The zero-order valence-electron chi connectivity index (χ0n) is 17.3. The van der Waals surface area contributed by atoms with Crippen molar-refractivity contribution in [2.45, 2.75) is 26.2 Å². The van der Waals surface area contributed by atoms with Crippen molar-refractivity contribution in [1.29, 1.82) is 0 Å². The van der Waals surface area contributed by atoms with E-state index in [0.29, 0.717) is 19.6 Å². The quantitative estimate of drug-likeness (QED) is 0.365. The van der Waals surface area contributed by atoms with Crippen molar-refractivity contribution in [3.05, 3.63) is 107 Å². The fourth-order valence-corrected chi connectivity index (χ4v) is 3.93. The van der Waals surface area contributed by atoms with Crippen LogP contribution >= 0.6 is 0 Å². The molecule has 0 radical (unpaired) electrons. The van der Waals surface area contributed by atoms with E-state index in [9.17, 15) is 4.79 Å². The van der Waals surface area contributed by atoms with Gasteiger partial charge in [-0.1, -0.05) is 66.7 Å². The van der Waals surface area contributed by atoms with E-state index in [2.05, 4.69) is 36.4 Å². The number of fused-ring (bicyclic) bond motifs is 1. The monoisotopic (exact) mass is 398 g/mol. The van der Waals surface area contributed by atoms with E-state index in [0.717, 1.165) is 46.4 Å². The highest BCUT2D eigenvalue weighted by atomic mass is 16.5. The minimum atomic E-state index is -0.238. The molecule has 152 valence electrons. The Balaban J connectivity index is 1.49. The standard InChI is InChI=1S/C27H26O3/c1-2-29-27(28)25-19-22-18-23(30-17-9-12-20-10-5-3-6-11-20)15-16-24(22)26(25)21-13-7-4-8-14-21/h3-8,10-11,13-16,18H,2,9,12,17,19H2,1H3. The van der Waals surface area contributed by atoms with Gasteiger partial charge in [0.05, 0.1) is 13.2 Å².